The Labute approximate surface area is 115 Å². The van der Waals surface area contributed by atoms with Crippen LogP contribution in [0, 0.1) is 10.6 Å². The number of hydrogen-bond donors (Lipinski definition) is 2. The quantitative estimate of drug-likeness (QED) is 0.850. The van der Waals surface area contributed by atoms with Crippen LogP contribution < -0.4 is 5.32 Å². The number of nitrogens with zero attached hydrogens (tertiary/aromatic N) is 1. The highest BCUT2D eigenvalue weighted by Crippen LogP contribution is 2.20. The number of carbonyl (C=O) groups is 1. The SMILES string of the molecule is CC(C)NC(=O)C(C)n1c(=S)[nH]c2ccc(F)cc21. The number of amides is 1. The van der Waals surface area contributed by atoms with E-state index in [9.17, 15) is 9.18 Å². The monoisotopic (exact) mass is 281 g/mol. The van der Waals surface area contributed by atoms with Crippen molar-refractivity contribution in [3.8, 4) is 0 Å². The van der Waals surface area contributed by atoms with Crippen molar-refractivity contribution in [2.24, 2.45) is 0 Å². The molecule has 1 amide bonds. The van der Waals surface area contributed by atoms with Crippen LogP contribution >= 0.6 is 12.2 Å². The van der Waals surface area contributed by atoms with Crippen LogP contribution in [-0.2, 0) is 4.79 Å². The van der Waals surface area contributed by atoms with Crippen molar-refractivity contribution in [2.45, 2.75) is 32.9 Å². The molecule has 0 saturated carbocycles. The first-order valence-electron chi connectivity index (χ1n) is 6.10. The van der Waals surface area contributed by atoms with Gasteiger partial charge in [0.05, 0.1) is 11.0 Å². The van der Waals surface area contributed by atoms with Gasteiger partial charge in [0.25, 0.3) is 0 Å². The predicted molar refractivity (Wildman–Crippen MR) is 75.1 cm³/mol. The van der Waals surface area contributed by atoms with E-state index in [2.05, 4.69) is 10.3 Å². The van der Waals surface area contributed by atoms with Gasteiger partial charge in [0.1, 0.15) is 11.9 Å². The molecule has 0 aliphatic carbocycles. The van der Waals surface area contributed by atoms with E-state index in [1.54, 1.807) is 17.6 Å². The van der Waals surface area contributed by atoms with Gasteiger partial charge in [-0.2, -0.15) is 0 Å². The largest absolute Gasteiger partial charge is 0.352 e. The second-order valence-corrected chi connectivity index (χ2v) is 5.19. The lowest BCUT2D eigenvalue weighted by atomic mass is 10.2. The summed E-state index contributed by atoms with van der Waals surface area (Å²) in [6.07, 6.45) is 0. The first kappa shape index (κ1) is 13.7. The van der Waals surface area contributed by atoms with Crippen molar-refractivity contribution in [2.75, 3.05) is 0 Å². The summed E-state index contributed by atoms with van der Waals surface area (Å²) < 4.78 is 15.4. The fourth-order valence-corrected chi connectivity index (χ4v) is 2.37. The summed E-state index contributed by atoms with van der Waals surface area (Å²) in [7, 11) is 0. The number of halogens is 1. The van der Waals surface area contributed by atoms with Gasteiger partial charge in [-0.3, -0.25) is 4.79 Å². The van der Waals surface area contributed by atoms with Crippen LogP contribution in [0.3, 0.4) is 0 Å². The standard InChI is InChI=1S/C13H16FN3OS/c1-7(2)15-12(18)8(3)17-11-6-9(14)4-5-10(11)16-13(17)19/h4-8H,1-3H3,(H,15,18)(H,16,19). The molecule has 1 aromatic carbocycles. The molecule has 2 N–H and O–H groups in total. The molecule has 0 spiro atoms. The molecule has 2 rings (SSSR count). The van der Waals surface area contributed by atoms with Crippen LogP contribution in [0.15, 0.2) is 18.2 Å². The first-order valence-corrected chi connectivity index (χ1v) is 6.51. The molecule has 0 aliphatic rings. The second kappa shape index (κ2) is 5.13. The number of carbonyl (C=O) groups excluding carboxylic acids is 1. The predicted octanol–water partition coefficient (Wildman–Crippen LogP) is 2.92. The van der Waals surface area contributed by atoms with Crippen molar-refractivity contribution in [3.05, 3.63) is 28.8 Å². The Morgan fingerprint density at radius 3 is 2.74 bits per heavy atom. The van der Waals surface area contributed by atoms with Gasteiger partial charge in [0, 0.05) is 6.04 Å². The number of hydrogen-bond acceptors (Lipinski definition) is 2. The zero-order valence-electron chi connectivity index (χ0n) is 11.0. The number of benzene rings is 1. The summed E-state index contributed by atoms with van der Waals surface area (Å²) >= 11 is 5.21. The second-order valence-electron chi connectivity index (χ2n) is 4.80. The maximum absolute atomic E-state index is 13.3. The third-order valence-electron chi connectivity index (χ3n) is 2.88. The van der Waals surface area contributed by atoms with E-state index in [1.807, 2.05) is 13.8 Å². The van der Waals surface area contributed by atoms with Gasteiger partial charge < -0.3 is 14.9 Å². The Balaban J connectivity index is 2.49. The van der Waals surface area contributed by atoms with Crippen molar-refractivity contribution in [1.82, 2.24) is 14.9 Å². The zero-order valence-corrected chi connectivity index (χ0v) is 11.8. The average Bonchev–Trinajstić information content (AvgIpc) is 2.62. The number of imidazole rings is 1. The summed E-state index contributed by atoms with van der Waals surface area (Å²) in [6, 6.07) is 3.90. The van der Waals surface area contributed by atoms with Crippen molar-refractivity contribution >= 4 is 29.2 Å². The molecule has 0 fully saturated rings. The normalized spacial score (nSPS) is 12.9. The number of nitrogens with one attached hydrogen (secondary N) is 2. The maximum atomic E-state index is 13.3. The average molecular weight is 281 g/mol. The molecular weight excluding hydrogens is 265 g/mol. The molecule has 0 bridgehead atoms. The molecule has 19 heavy (non-hydrogen) atoms. The summed E-state index contributed by atoms with van der Waals surface area (Å²) in [5.74, 6) is -0.497. The van der Waals surface area contributed by atoms with Gasteiger partial charge in [-0.25, -0.2) is 4.39 Å². The summed E-state index contributed by atoms with van der Waals surface area (Å²) in [5.41, 5.74) is 1.31. The molecule has 0 radical (unpaired) electrons. The number of H-pyrrole nitrogens is 1. The molecular formula is C13H16FN3OS. The van der Waals surface area contributed by atoms with Gasteiger partial charge in [0.2, 0.25) is 5.91 Å². The number of rotatable bonds is 3. The van der Waals surface area contributed by atoms with Gasteiger partial charge in [-0.15, -0.1) is 0 Å². The van der Waals surface area contributed by atoms with Crippen molar-refractivity contribution in [3.63, 3.8) is 0 Å². The molecule has 0 aliphatic heterocycles. The third kappa shape index (κ3) is 2.68. The Bertz CT molecular complexity index is 674. The van der Waals surface area contributed by atoms with Crippen LogP contribution in [-0.4, -0.2) is 21.5 Å². The minimum absolute atomic E-state index is 0.0473. The van der Waals surface area contributed by atoms with Gasteiger partial charge in [-0.1, -0.05) is 0 Å². The summed E-state index contributed by atoms with van der Waals surface area (Å²) in [5, 5.41) is 2.82. The number of fused-ring (bicyclic) bond motifs is 1. The van der Waals surface area contributed by atoms with Gasteiger partial charge in [0.15, 0.2) is 4.77 Å². The van der Waals surface area contributed by atoms with E-state index in [-0.39, 0.29) is 17.8 Å². The molecule has 1 heterocycles. The van der Waals surface area contributed by atoms with Crippen LogP contribution in [0.2, 0.25) is 0 Å². The van der Waals surface area contributed by atoms with Gasteiger partial charge >= 0.3 is 0 Å². The highest BCUT2D eigenvalue weighted by molar-refractivity contribution is 7.71. The Morgan fingerprint density at radius 1 is 1.42 bits per heavy atom. The minimum atomic E-state index is -0.495. The van der Waals surface area contributed by atoms with Crippen LogP contribution in [0.25, 0.3) is 11.0 Å². The first-order chi connectivity index (χ1) is 8.90. The van der Waals surface area contributed by atoms with Crippen LogP contribution in [0.5, 0.6) is 0 Å². The molecule has 1 unspecified atom stereocenters. The summed E-state index contributed by atoms with van der Waals surface area (Å²) in [4.78, 5) is 15.0. The third-order valence-corrected chi connectivity index (χ3v) is 3.18. The lowest BCUT2D eigenvalue weighted by Gasteiger charge is -2.16. The van der Waals surface area contributed by atoms with E-state index < -0.39 is 6.04 Å². The van der Waals surface area contributed by atoms with Gasteiger partial charge in [-0.05, 0) is 51.2 Å². The molecule has 2 aromatic rings. The van der Waals surface area contributed by atoms with E-state index in [1.165, 1.54) is 12.1 Å². The molecule has 6 heteroatoms. The lowest BCUT2D eigenvalue weighted by molar-refractivity contribution is -0.124. The summed E-state index contributed by atoms with van der Waals surface area (Å²) in [6.45, 7) is 5.52. The Hall–Kier alpha value is -1.69. The van der Waals surface area contributed by atoms with Crippen molar-refractivity contribution in [1.29, 1.82) is 0 Å². The topological polar surface area (TPSA) is 49.8 Å². The lowest BCUT2D eigenvalue weighted by Crippen LogP contribution is -2.35. The molecule has 0 saturated heterocycles. The van der Waals surface area contributed by atoms with E-state index in [4.69, 9.17) is 12.2 Å². The molecule has 1 aromatic heterocycles. The number of aromatic nitrogens is 2. The van der Waals surface area contributed by atoms with Crippen molar-refractivity contribution < 1.29 is 9.18 Å². The van der Waals surface area contributed by atoms with E-state index in [0.717, 1.165) is 5.52 Å². The van der Waals surface area contributed by atoms with Crippen LogP contribution in [0.1, 0.15) is 26.8 Å². The molecule has 1 atom stereocenters. The smallest absolute Gasteiger partial charge is 0.243 e. The van der Waals surface area contributed by atoms with Crippen LogP contribution in [0.4, 0.5) is 4.39 Å². The Morgan fingerprint density at radius 2 is 2.11 bits per heavy atom. The van der Waals surface area contributed by atoms with E-state index >= 15 is 0 Å². The fraction of sp³-hybridized carbons (Fsp3) is 0.385. The zero-order chi connectivity index (χ0) is 14.2. The highest BCUT2D eigenvalue weighted by Gasteiger charge is 2.19. The number of aromatic amines is 1. The minimum Gasteiger partial charge on any atom is -0.352 e. The molecule has 102 valence electrons. The fourth-order valence-electron chi connectivity index (χ4n) is 2.00. The van der Waals surface area contributed by atoms with E-state index in [0.29, 0.717) is 10.3 Å². The molecule has 4 nitrogen and oxygen atoms in total. The maximum Gasteiger partial charge on any atom is 0.243 e. The highest BCUT2D eigenvalue weighted by atomic mass is 32.1. The Kier molecular flexibility index (Phi) is 3.71.